The van der Waals surface area contributed by atoms with Gasteiger partial charge in [0.25, 0.3) is 23.6 Å². The third-order valence-electron chi connectivity index (χ3n) is 5.25. The van der Waals surface area contributed by atoms with E-state index in [0.717, 1.165) is 36.4 Å². The Morgan fingerprint density at radius 2 is 0.944 bits per heavy atom. The maximum atomic E-state index is 14.1. The average Bonchev–Trinajstić information content (AvgIpc) is 3.29. The predicted octanol–water partition coefficient (Wildman–Crippen LogP) is 1.74. The molecule has 2 heterocycles. The molecule has 0 aliphatic carbocycles. The normalized spacial score (nSPS) is 14.7. The van der Waals surface area contributed by atoms with E-state index in [1.54, 1.807) is 0 Å². The highest BCUT2D eigenvalue weighted by atomic mass is 19.3. The smallest absolute Gasteiger partial charge is 0.346 e. The number of ether oxygens (including phenoxy) is 2. The van der Waals surface area contributed by atoms with E-state index in [2.05, 4.69) is 9.47 Å². The number of esters is 2. The standard InChI is InChI=1S/C22H12F4N2O8/c23-21(24,7-35-19(33)9-1-3-11-13(5-9)17(31)27-15(11)29)22(25,26)8-36-20(34)10-2-4-12-14(6-10)18(32)28-16(12)30/h1-6H,7-8H2,(H,27,29,31)(H,28,30,32). The molecule has 0 unspecified atom stereocenters. The van der Waals surface area contributed by atoms with Crippen LogP contribution in [0.4, 0.5) is 17.6 Å². The Bertz CT molecular complexity index is 1270. The second kappa shape index (κ2) is 8.55. The highest BCUT2D eigenvalue weighted by molar-refractivity contribution is 6.22. The number of nitrogens with one attached hydrogen (secondary N) is 2. The first-order valence-electron chi connectivity index (χ1n) is 9.90. The average molecular weight is 508 g/mol. The summed E-state index contributed by atoms with van der Waals surface area (Å²) < 4.78 is 65.0. The van der Waals surface area contributed by atoms with Gasteiger partial charge in [-0.2, -0.15) is 17.6 Å². The van der Waals surface area contributed by atoms with Gasteiger partial charge < -0.3 is 9.47 Å². The van der Waals surface area contributed by atoms with Crippen LogP contribution in [-0.4, -0.2) is 60.6 Å². The number of amides is 4. The van der Waals surface area contributed by atoms with Gasteiger partial charge in [-0.25, -0.2) is 9.59 Å². The molecule has 0 saturated heterocycles. The van der Waals surface area contributed by atoms with Gasteiger partial charge in [0.15, 0.2) is 13.2 Å². The lowest BCUT2D eigenvalue weighted by Gasteiger charge is -2.25. The summed E-state index contributed by atoms with van der Waals surface area (Å²) in [6.45, 7) is -4.19. The zero-order valence-electron chi connectivity index (χ0n) is 17.7. The van der Waals surface area contributed by atoms with Crippen LogP contribution in [0.15, 0.2) is 36.4 Å². The summed E-state index contributed by atoms with van der Waals surface area (Å²) in [6.07, 6.45) is 0. The minimum absolute atomic E-state index is 0.0640. The fourth-order valence-electron chi connectivity index (χ4n) is 3.28. The number of benzene rings is 2. The van der Waals surface area contributed by atoms with Crippen LogP contribution < -0.4 is 10.6 Å². The largest absolute Gasteiger partial charge is 0.455 e. The second-order valence-corrected chi connectivity index (χ2v) is 7.65. The van der Waals surface area contributed by atoms with Crippen molar-refractivity contribution in [1.82, 2.24) is 10.6 Å². The Balaban J connectivity index is 1.37. The number of hydrogen-bond donors (Lipinski definition) is 2. The quantitative estimate of drug-likeness (QED) is 0.327. The maximum absolute atomic E-state index is 14.1. The minimum atomic E-state index is -4.97. The Kier molecular flexibility index (Phi) is 5.82. The third kappa shape index (κ3) is 4.28. The first-order chi connectivity index (χ1) is 16.8. The number of hydrogen-bond acceptors (Lipinski definition) is 8. The van der Waals surface area contributed by atoms with Crippen molar-refractivity contribution in [3.05, 3.63) is 69.8 Å². The summed E-state index contributed by atoms with van der Waals surface area (Å²) >= 11 is 0. The molecule has 4 rings (SSSR count). The van der Waals surface area contributed by atoms with Gasteiger partial charge in [0.05, 0.1) is 33.4 Å². The van der Waals surface area contributed by atoms with Crippen LogP contribution in [0.25, 0.3) is 0 Å². The molecule has 0 saturated carbocycles. The van der Waals surface area contributed by atoms with Crippen LogP contribution in [0, 0.1) is 0 Å². The minimum Gasteiger partial charge on any atom is -0.455 e. The number of rotatable bonds is 7. The molecule has 14 heteroatoms. The molecule has 2 aromatic carbocycles. The fourth-order valence-corrected chi connectivity index (χ4v) is 3.28. The molecular formula is C22H12F4N2O8. The molecule has 4 amide bonds. The number of alkyl halides is 4. The van der Waals surface area contributed by atoms with Crippen molar-refractivity contribution >= 4 is 35.6 Å². The van der Waals surface area contributed by atoms with E-state index in [0.29, 0.717) is 0 Å². The van der Waals surface area contributed by atoms with E-state index in [1.807, 2.05) is 10.6 Å². The van der Waals surface area contributed by atoms with Gasteiger partial charge in [0.1, 0.15) is 0 Å². The molecule has 0 aromatic heterocycles. The summed E-state index contributed by atoms with van der Waals surface area (Å²) in [7, 11) is 0. The van der Waals surface area contributed by atoms with Gasteiger partial charge in [-0.3, -0.25) is 29.8 Å². The summed E-state index contributed by atoms with van der Waals surface area (Å²) in [5.74, 6) is -16.0. The molecule has 2 aromatic rings. The molecule has 0 atom stereocenters. The maximum Gasteiger partial charge on any atom is 0.346 e. The van der Waals surface area contributed by atoms with E-state index < -0.39 is 71.8 Å². The van der Waals surface area contributed by atoms with Crippen LogP contribution in [0.2, 0.25) is 0 Å². The van der Waals surface area contributed by atoms with Gasteiger partial charge in [0, 0.05) is 0 Å². The van der Waals surface area contributed by atoms with E-state index in [4.69, 9.17) is 0 Å². The number of carbonyl (C=O) groups is 6. The van der Waals surface area contributed by atoms with Crippen LogP contribution in [-0.2, 0) is 9.47 Å². The van der Waals surface area contributed by atoms with Gasteiger partial charge >= 0.3 is 23.8 Å². The van der Waals surface area contributed by atoms with Crippen molar-refractivity contribution in [1.29, 1.82) is 0 Å². The van der Waals surface area contributed by atoms with Crippen LogP contribution in [0.5, 0.6) is 0 Å². The van der Waals surface area contributed by atoms with Gasteiger partial charge in [-0.15, -0.1) is 0 Å². The van der Waals surface area contributed by atoms with Gasteiger partial charge in [-0.1, -0.05) is 0 Å². The van der Waals surface area contributed by atoms with Gasteiger partial charge in [0.2, 0.25) is 0 Å². The van der Waals surface area contributed by atoms with E-state index >= 15 is 0 Å². The number of fused-ring (bicyclic) bond motifs is 2. The summed E-state index contributed by atoms with van der Waals surface area (Å²) in [4.78, 5) is 70.4. The van der Waals surface area contributed by atoms with E-state index in [1.165, 1.54) is 0 Å². The SMILES string of the molecule is O=C(OCC(F)(F)C(F)(F)COC(=O)c1ccc2c(c1)C(=O)NC2=O)c1ccc2c(c1)C(=O)NC2=O. The molecule has 36 heavy (non-hydrogen) atoms. The molecule has 2 aliphatic heterocycles. The first-order valence-corrected chi connectivity index (χ1v) is 9.90. The van der Waals surface area contributed by atoms with Crippen LogP contribution in [0.3, 0.4) is 0 Å². The fraction of sp³-hybridized carbons (Fsp3) is 0.182. The Labute approximate surface area is 197 Å². The highest BCUT2D eigenvalue weighted by Crippen LogP contribution is 2.35. The van der Waals surface area contributed by atoms with Crippen molar-refractivity contribution in [2.75, 3.05) is 13.2 Å². The summed E-state index contributed by atoms with van der Waals surface area (Å²) in [5, 5.41) is 3.90. The zero-order chi connectivity index (χ0) is 26.4. The molecule has 0 radical (unpaired) electrons. The molecule has 0 bridgehead atoms. The van der Waals surface area contributed by atoms with E-state index in [-0.39, 0.29) is 22.3 Å². The molecular weight excluding hydrogens is 496 g/mol. The number of halogens is 4. The van der Waals surface area contributed by atoms with Crippen LogP contribution >= 0.6 is 0 Å². The lowest BCUT2D eigenvalue weighted by molar-refractivity contribution is -0.239. The van der Waals surface area contributed by atoms with Crippen molar-refractivity contribution in [2.45, 2.75) is 11.8 Å². The molecule has 2 aliphatic rings. The molecule has 2 N–H and O–H groups in total. The Hall–Kier alpha value is -4.62. The third-order valence-corrected chi connectivity index (χ3v) is 5.25. The monoisotopic (exact) mass is 508 g/mol. The van der Waals surface area contributed by atoms with Crippen LogP contribution in [0.1, 0.15) is 62.1 Å². The predicted molar refractivity (Wildman–Crippen MR) is 107 cm³/mol. The van der Waals surface area contributed by atoms with Crippen molar-refractivity contribution in [3.63, 3.8) is 0 Å². The Morgan fingerprint density at radius 3 is 1.31 bits per heavy atom. The number of imide groups is 2. The van der Waals surface area contributed by atoms with Crippen molar-refractivity contribution < 1.29 is 55.8 Å². The second-order valence-electron chi connectivity index (χ2n) is 7.65. The highest BCUT2D eigenvalue weighted by Gasteiger charge is 2.58. The van der Waals surface area contributed by atoms with Crippen molar-refractivity contribution in [2.24, 2.45) is 0 Å². The Morgan fingerprint density at radius 1 is 0.611 bits per heavy atom. The van der Waals surface area contributed by atoms with E-state index in [9.17, 15) is 46.3 Å². The molecule has 186 valence electrons. The molecule has 0 fully saturated rings. The van der Waals surface area contributed by atoms with Gasteiger partial charge in [-0.05, 0) is 36.4 Å². The number of carbonyl (C=O) groups excluding carboxylic acids is 6. The summed E-state index contributed by atoms with van der Waals surface area (Å²) in [5.41, 5.74) is -1.44. The molecule has 10 nitrogen and oxygen atoms in total. The topological polar surface area (TPSA) is 145 Å². The van der Waals surface area contributed by atoms with Crippen molar-refractivity contribution in [3.8, 4) is 0 Å². The lowest BCUT2D eigenvalue weighted by atomic mass is 10.1. The first kappa shape index (κ1) is 24.5. The lowest BCUT2D eigenvalue weighted by Crippen LogP contribution is -2.48. The summed E-state index contributed by atoms with van der Waals surface area (Å²) in [6, 6.07) is 5.89. The zero-order valence-corrected chi connectivity index (χ0v) is 17.7. The molecule has 0 spiro atoms.